The van der Waals surface area contributed by atoms with Crippen molar-refractivity contribution in [2.24, 2.45) is 17.8 Å². The molecule has 1 aliphatic carbocycles. The highest BCUT2D eigenvalue weighted by Gasteiger charge is 2.48. The molecule has 1 rings (SSSR count). The molecule has 1 aliphatic rings. The summed E-state index contributed by atoms with van der Waals surface area (Å²) in [6, 6.07) is 0. The molecule has 5 nitrogen and oxygen atoms in total. The standard InChI is InChI=1S/C11H19NO4/c1-6(2)9(13)3-4-12-10(14)7-5-8(7)11(15)16/h6-9,13H,3-5H2,1-2H3,(H,12,14)(H,15,16). The zero-order valence-corrected chi connectivity index (χ0v) is 9.64. The summed E-state index contributed by atoms with van der Waals surface area (Å²) >= 11 is 0. The molecule has 3 unspecified atom stereocenters. The Morgan fingerprint density at radius 2 is 2.00 bits per heavy atom. The quantitative estimate of drug-likeness (QED) is 0.608. The number of carbonyl (C=O) groups excluding carboxylic acids is 1. The van der Waals surface area contributed by atoms with Gasteiger partial charge in [-0.3, -0.25) is 9.59 Å². The van der Waals surface area contributed by atoms with Crippen LogP contribution in [0.2, 0.25) is 0 Å². The minimum Gasteiger partial charge on any atom is -0.481 e. The highest BCUT2D eigenvalue weighted by Crippen LogP contribution is 2.38. The van der Waals surface area contributed by atoms with Crippen molar-refractivity contribution in [3.63, 3.8) is 0 Å². The lowest BCUT2D eigenvalue weighted by molar-refractivity contribution is -0.140. The summed E-state index contributed by atoms with van der Waals surface area (Å²) in [5.41, 5.74) is 0. The third kappa shape index (κ3) is 3.48. The first kappa shape index (κ1) is 13.0. The zero-order valence-electron chi connectivity index (χ0n) is 9.64. The largest absolute Gasteiger partial charge is 0.481 e. The van der Waals surface area contributed by atoms with Crippen LogP contribution in [0.1, 0.15) is 26.7 Å². The SMILES string of the molecule is CC(C)C(O)CCNC(=O)C1CC1C(=O)O. The van der Waals surface area contributed by atoms with Crippen LogP contribution in [0, 0.1) is 17.8 Å². The van der Waals surface area contributed by atoms with Gasteiger partial charge in [-0.25, -0.2) is 0 Å². The molecule has 0 aromatic rings. The van der Waals surface area contributed by atoms with Crippen molar-refractivity contribution in [1.29, 1.82) is 0 Å². The molecule has 0 saturated heterocycles. The summed E-state index contributed by atoms with van der Waals surface area (Å²) in [4.78, 5) is 21.9. The molecule has 1 saturated carbocycles. The van der Waals surface area contributed by atoms with Gasteiger partial charge in [0.15, 0.2) is 0 Å². The van der Waals surface area contributed by atoms with E-state index in [1.165, 1.54) is 0 Å². The summed E-state index contributed by atoms with van der Waals surface area (Å²) in [6.45, 7) is 4.22. The van der Waals surface area contributed by atoms with Gasteiger partial charge in [-0.1, -0.05) is 13.8 Å². The molecule has 0 heterocycles. The third-order valence-electron chi connectivity index (χ3n) is 2.95. The van der Waals surface area contributed by atoms with Gasteiger partial charge in [0.05, 0.1) is 17.9 Å². The van der Waals surface area contributed by atoms with Crippen LogP contribution in [0.25, 0.3) is 0 Å². The van der Waals surface area contributed by atoms with Crippen molar-refractivity contribution in [2.75, 3.05) is 6.54 Å². The van der Waals surface area contributed by atoms with E-state index >= 15 is 0 Å². The van der Waals surface area contributed by atoms with E-state index in [0.717, 1.165) is 0 Å². The number of hydrogen-bond donors (Lipinski definition) is 3. The van der Waals surface area contributed by atoms with Gasteiger partial charge in [0.1, 0.15) is 0 Å². The summed E-state index contributed by atoms with van der Waals surface area (Å²) < 4.78 is 0. The molecule has 92 valence electrons. The summed E-state index contributed by atoms with van der Waals surface area (Å²) in [7, 11) is 0. The number of aliphatic carboxylic acids is 1. The van der Waals surface area contributed by atoms with Crippen LogP contribution in [0.4, 0.5) is 0 Å². The van der Waals surface area contributed by atoms with Crippen LogP contribution in [-0.2, 0) is 9.59 Å². The van der Waals surface area contributed by atoms with Gasteiger partial charge in [0, 0.05) is 6.54 Å². The van der Waals surface area contributed by atoms with Gasteiger partial charge in [-0.15, -0.1) is 0 Å². The minimum atomic E-state index is -0.901. The first-order chi connectivity index (χ1) is 7.43. The number of aliphatic hydroxyl groups is 1. The van der Waals surface area contributed by atoms with E-state index in [0.29, 0.717) is 19.4 Å². The molecule has 16 heavy (non-hydrogen) atoms. The van der Waals surface area contributed by atoms with E-state index in [1.54, 1.807) is 0 Å². The minimum absolute atomic E-state index is 0.171. The van der Waals surface area contributed by atoms with Crippen molar-refractivity contribution < 1.29 is 19.8 Å². The van der Waals surface area contributed by atoms with Gasteiger partial charge >= 0.3 is 5.97 Å². The Kier molecular flexibility index (Phi) is 4.29. The number of carboxylic acid groups (broad SMARTS) is 1. The van der Waals surface area contributed by atoms with Crippen molar-refractivity contribution in [2.45, 2.75) is 32.8 Å². The predicted octanol–water partition coefficient (Wildman–Crippen LogP) is 0.230. The first-order valence-corrected chi connectivity index (χ1v) is 5.62. The molecule has 0 aromatic heterocycles. The summed E-state index contributed by atoms with van der Waals surface area (Å²) in [5, 5.41) is 20.8. The van der Waals surface area contributed by atoms with Gasteiger partial charge in [-0.2, -0.15) is 0 Å². The number of carboxylic acids is 1. The Labute approximate surface area is 94.8 Å². The van der Waals surface area contributed by atoms with Gasteiger partial charge in [0.25, 0.3) is 0 Å². The average Bonchev–Trinajstić information content (AvgIpc) is 2.96. The number of hydrogen-bond acceptors (Lipinski definition) is 3. The van der Waals surface area contributed by atoms with Crippen molar-refractivity contribution >= 4 is 11.9 Å². The topological polar surface area (TPSA) is 86.6 Å². The molecule has 5 heteroatoms. The molecule has 0 spiro atoms. The summed E-state index contributed by atoms with van der Waals surface area (Å²) in [5.74, 6) is -1.81. The van der Waals surface area contributed by atoms with E-state index in [2.05, 4.69) is 5.32 Å². The zero-order chi connectivity index (χ0) is 12.3. The van der Waals surface area contributed by atoms with Crippen LogP contribution in [-0.4, -0.2) is 34.7 Å². The molecule has 1 fully saturated rings. The highest BCUT2D eigenvalue weighted by atomic mass is 16.4. The second-order valence-corrected chi connectivity index (χ2v) is 4.68. The van der Waals surface area contributed by atoms with Gasteiger partial charge in [0.2, 0.25) is 5.91 Å². The predicted molar refractivity (Wildman–Crippen MR) is 57.7 cm³/mol. The highest BCUT2D eigenvalue weighted by molar-refractivity contribution is 5.89. The van der Waals surface area contributed by atoms with Crippen LogP contribution in [0.15, 0.2) is 0 Å². The molecule has 0 aliphatic heterocycles. The Morgan fingerprint density at radius 3 is 2.44 bits per heavy atom. The molecule has 1 amide bonds. The van der Waals surface area contributed by atoms with Gasteiger partial charge in [-0.05, 0) is 18.8 Å². The first-order valence-electron chi connectivity index (χ1n) is 5.62. The molecular weight excluding hydrogens is 210 g/mol. The molecule has 0 radical (unpaired) electrons. The lowest BCUT2D eigenvalue weighted by atomic mass is 10.0. The van der Waals surface area contributed by atoms with Crippen molar-refractivity contribution in [3.05, 3.63) is 0 Å². The van der Waals surface area contributed by atoms with Crippen molar-refractivity contribution in [3.8, 4) is 0 Å². The maximum Gasteiger partial charge on any atom is 0.307 e. The molecule has 0 bridgehead atoms. The molecule has 3 N–H and O–H groups in total. The Balaban J connectivity index is 2.15. The summed E-state index contributed by atoms with van der Waals surface area (Å²) in [6.07, 6.45) is 0.525. The van der Waals surface area contributed by atoms with E-state index in [9.17, 15) is 14.7 Å². The van der Waals surface area contributed by atoms with Crippen LogP contribution < -0.4 is 5.32 Å². The normalized spacial score (nSPS) is 25.2. The fourth-order valence-electron chi connectivity index (χ4n) is 1.57. The number of amides is 1. The van der Waals surface area contributed by atoms with Gasteiger partial charge < -0.3 is 15.5 Å². The number of nitrogens with one attached hydrogen (secondary N) is 1. The van der Waals surface area contributed by atoms with E-state index in [1.807, 2.05) is 13.8 Å². The van der Waals surface area contributed by atoms with Crippen LogP contribution >= 0.6 is 0 Å². The molecular formula is C11H19NO4. The van der Waals surface area contributed by atoms with Crippen LogP contribution in [0.3, 0.4) is 0 Å². The monoisotopic (exact) mass is 229 g/mol. The van der Waals surface area contributed by atoms with Crippen molar-refractivity contribution in [1.82, 2.24) is 5.32 Å². The molecule has 0 aromatic carbocycles. The number of carbonyl (C=O) groups is 2. The Bertz CT molecular complexity index is 277. The number of rotatable bonds is 6. The maximum absolute atomic E-state index is 11.4. The fourth-order valence-corrected chi connectivity index (χ4v) is 1.57. The van der Waals surface area contributed by atoms with E-state index in [4.69, 9.17) is 5.11 Å². The average molecular weight is 229 g/mol. The lowest BCUT2D eigenvalue weighted by Gasteiger charge is -2.14. The second kappa shape index (κ2) is 5.30. The number of aliphatic hydroxyl groups excluding tert-OH is 1. The fraction of sp³-hybridized carbons (Fsp3) is 0.818. The third-order valence-corrected chi connectivity index (χ3v) is 2.95. The van der Waals surface area contributed by atoms with E-state index < -0.39 is 18.0 Å². The van der Waals surface area contributed by atoms with Crippen LogP contribution in [0.5, 0.6) is 0 Å². The molecule has 3 atom stereocenters. The Morgan fingerprint density at radius 1 is 1.38 bits per heavy atom. The lowest BCUT2D eigenvalue weighted by Crippen LogP contribution is -2.30. The second-order valence-electron chi connectivity index (χ2n) is 4.68. The van der Waals surface area contributed by atoms with E-state index in [-0.39, 0.29) is 17.7 Å². The Hall–Kier alpha value is -1.10. The smallest absolute Gasteiger partial charge is 0.307 e. The maximum atomic E-state index is 11.4.